The van der Waals surface area contributed by atoms with Crippen molar-refractivity contribution >= 4 is 0 Å². The molecule has 0 saturated heterocycles. The summed E-state index contributed by atoms with van der Waals surface area (Å²) in [6.07, 6.45) is 11.1. The maximum Gasteiger partial charge on any atom is 0.0945 e. The van der Waals surface area contributed by atoms with Crippen molar-refractivity contribution in [3.05, 3.63) is 18.7 Å². The first-order chi connectivity index (χ1) is 7.34. The molecule has 0 aromatic carbocycles. The highest BCUT2D eigenvalue weighted by molar-refractivity contribution is 4.78. The zero-order valence-electron chi connectivity index (χ0n) is 9.52. The molecular weight excluding hydrogens is 186 g/mol. The van der Waals surface area contributed by atoms with E-state index in [2.05, 4.69) is 21.8 Å². The lowest BCUT2D eigenvalue weighted by molar-refractivity contribution is 0.481. The van der Waals surface area contributed by atoms with Crippen LogP contribution >= 0.6 is 0 Å². The number of nitrogens with zero attached hydrogens (tertiary/aromatic N) is 2. The van der Waals surface area contributed by atoms with Gasteiger partial charge < -0.3 is 9.88 Å². The van der Waals surface area contributed by atoms with Gasteiger partial charge in [0.1, 0.15) is 0 Å². The Kier molecular flexibility index (Phi) is 3.78. The number of rotatable bonds is 5. The highest BCUT2D eigenvalue weighted by Gasteiger charge is 2.19. The Balaban J connectivity index is 1.55. The van der Waals surface area contributed by atoms with Gasteiger partial charge in [0.15, 0.2) is 0 Å². The molecule has 0 aliphatic heterocycles. The molecule has 1 fully saturated rings. The maximum atomic E-state index is 4.03. The summed E-state index contributed by atoms with van der Waals surface area (Å²) in [5, 5.41) is 3.64. The molecule has 1 N–H and O–H groups in total. The summed E-state index contributed by atoms with van der Waals surface area (Å²) in [5.74, 6) is 0.927. The van der Waals surface area contributed by atoms with E-state index in [-0.39, 0.29) is 0 Å². The van der Waals surface area contributed by atoms with Gasteiger partial charge in [-0.2, -0.15) is 0 Å². The van der Waals surface area contributed by atoms with Crippen LogP contribution < -0.4 is 5.32 Å². The smallest absolute Gasteiger partial charge is 0.0945 e. The molecule has 1 saturated carbocycles. The molecule has 3 nitrogen and oxygen atoms in total. The minimum absolute atomic E-state index is 0.780. The van der Waals surface area contributed by atoms with Gasteiger partial charge in [-0.05, 0) is 38.1 Å². The summed E-state index contributed by atoms with van der Waals surface area (Å²) in [4.78, 5) is 4.03. The van der Waals surface area contributed by atoms with Crippen LogP contribution in [-0.2, 0) is 6.54 Å². The van der Waals surface area contributed by atoms with Crippen LogP contribution in [0, 0.1) is 5.92 Å². The van der Waals surface area contributed by atoms with Gasteiger partial charge in [-0.25, -0.2) is 4.98 Å². The van der Waals surface area contributed by atoms with Crippen LogP contribution in [0.25, 0.3) is 0 Å². The van der Waals surface area contributed by atoms with Crippen LogP contribution in [0.3, 0.4) is 0 Å². The molecular formula is C12H21N3. The summed E-state index contributed by atoms with van der Waals surface area (Å²) < 4.78 is 2.14. The summed E-state index contributed by atoms with van der Waals surface area (Å²) in [7, 11) is 0. The van der Waals surface area contributed by atoms with Crippen LogP contribution in [0.2, 0.25) is 0 Å². The molecule has 1 aromatic rings. The standard InChI is InChI=1S/C12H21N3/c1-11-3-4-12(9-11)14-5-2-7-15-8-6-13-10-15/h6,8,10-12,14H,2-5,7,9H2,1H3/t11-,12-/m1/s1. The van der Waals surface area contributed by atoms with Crippen LogP contribution in [-0.4, -0.2) is 22.1 Å². The highest BCUT2D eigenvalue weighted by Crippen LogP contribution is 2.24. The molecule has 1 aliphatic rings. The molecule has 0 radical (unpaired) electrons. The Morgan fingerprint density at radius 2 is 2.40 bits per heavy atom. The van der Waals surface area contributed by atoms with Crippen LogP contribution in [0.15, 0.2) is 18.7 Å². The van der Waals surface area contributed by atoms with Crippen molar-refractivity contribution in [2.45, 2.75) is 45.2 Å². The summed E-state index contributed by atoms with van der Waals surface area (Å²) in [6.45, 7) is 4.57. The van der Waals surface area contributed by atoms with Gasteiger partial charge in [0, 0.05) is 25.0 Å². The van der Waals surface area contributed by atoms with E-state index < -0.39 is 0 Å². The van der Waals surface area contributed by atoms with Crippen molar-refractivity contribution in [1.29, 1.82) is 0 Å². The predicted octanol–water partition coefficient (Wildman–Crippen LogP) is 2.05. The molecule has 2 rings (SSSR count). The van der Waals surface area contributed by atoms with Crippen molar-refractivity contribution < 1.29 is 0 Å². The van der Waals surface area contributed by atoms with Gasteiger partial charge in [-0.15, -0.1) is 0 Å². The molecule has 0 amide bonds. The van der Waals surface area contributed by atoms with Gasteiger partial charge in [0.25, 0.3) is 0 Å². The first-order valence-corrected chi connectivity index (χ1v) is 6.03. The third-order valence-electron chi connectivity index (χ3n) is 3.28. The zero-order valence-corrected chi connectivity index (χ0v) is 9.52. The monoisotopic (exact) mass is 207 g/mol. The number of aryl methyl sites for hydroxylation is 1. The van der Waals surface area contributed by atoms with E-state index in [0.717, 1.165) is 25.0 Å². The van der Waals surface area contributed by atoms with Crippen LogP contribution in [0.1, 0.15) is 32.6 Å². The van der Waals surface area contributed by atoms with Crippen molar-refractivity contribution in [1.82, 2.24) is 14.9 Å². The quantitative estimate of drug-likeness (QED) is 0.749. The molecule has 15 heavy (non-hydrogen) atoms. The van der Waals surface area contributed by atoms with Gasteiger partial charge in [0.2, 0.25) is 0 Å². The average molecular weight is 207 g/mol. The van der Waals surface area contributed by atoms with Crippen molar-refractivity contribution in [2.24, 2.45) is 5.92 Å². The van der Waals surface area contributed by atoms with Gasteiger partial charge in [0.05, 0.1) is 6.33 Å². The van der Waals surface area contributed by atoms with Gasteiger partial charge in [-0.3, -0.25) is 0 Å². The fraction of sp³-hybridized carbons (Fsp3) is 0.750. The second kappa shape index (κ2) is 5.31. The van der Waals surface area contributed by atoms with Crippen molar-refractivity contribution in [3.63, 3.8) is 0 Å². The number of nitrogens with one attached hydrogen (secondary N) is 1. The molecule has 1 heterocycles. The number of hydrogen-bond donors (Lipinski definition) is 1. The maximum absolute atomic E-state index is 4.03. The van der Waals surface area contributed by atoms with Crippen LogP contribution in [0.5, 0.6) is 0 Å². The third-order valence-corrected chi connectivity index (χ3v) is 3.28. The Hall–Kier alpha value is -0.830. The molecule has 0 unspecified atom stereocenters. The van der Waals surface area contributed by atoms with E-state index >= 15 is 0 Å². The Bertz CT molecular complexity index is 268. The fourth-order valence-electron chi connectivity index (χ4n) is 2.38. The van der Waals surface area contributed by atoms with Gasteiger partial charge in [-0.1, -0.05) is 6.92 Å². The molecule has 1 aromatic heterocycles. The third kappa shape index (κ3) is 3.34. The summed E-state index contributed by atoms with van der Waals surface area (Å²) >= 11 is 0. The molecule has 84 valence electrons. The van der Waals surface area contributed by atoms with E-state index in [1.54, 1.807) is 0 Å². The topological polar surface area (TPSA) is 29.9 Å². The average Bonchev–Trinajstić information content (AvgIpc) is 2.84. The highest BCUT2D eigenvalue weighted by atomic mass is 15.0. The molecule has 1 aliphatic carbocycles. The number of hydrogen-bond acceptors (Lipinski definition) is 2. The van der Waals surface area contributed by atoms with E-state index in [0.29, 0.717) is 0 Å². The summed E-state index contributed by atoms with van der Waals surface area (Å²) in [5.41, 5.74) is 0. The largest absolute Gasteiger partial charge is 0.337 e. The summed E-state index contributed by atoms with van der Waals surface area (Å²) in [6, 6.07) is 0.780. The van der Waals surface area contributed by atoms with Crippen molar-refractivity contribution in [2.75, 3.05) is 6.54 Å². The second-order valence-electron chi connectivity index (χ2n) is 4.72. The lowest BCUT2D eigenvalue weighted by Crippen LogP contribution is -2.27. The first-order valence-electron chi connectivity index (χ1n) is 6.03. The van der Waals surface area contributed by atoms with E-state index in [4.69, 9.17) is 0 Å². The SMILES string of the molecule is C[C@@H]1CC[C@@H](NCCCn2ccnc2)C1. The lowest BCUT2D eigenvalue weighted by atomic mass is 10.1. The van der Waals surface area contributed by atoms with E-state index in [1.165, 1.54) is 25.7 Å². The number of imidazole rings is 1. The minimum atomic E-state index is 0.780. The molecule has 2 atom stereocenters. The lowest BCUT2D eigenvalue weighted by Gasteiger charge is -2.12. The van der Waals surface area contributed by atoms with E-state index in [1.807, 2.05) is 18.7 Å². The molecule has 0 bridgehead atoms. The van der Waals surface area contributed by atoms with Crippen molar-refractivity contribution in [3.8, 4) is 0 Å². The Morgan fingerprint density at radius 1 is 1.47 bits per heavy atom. The fourth-order valence-corrected chi connectivity index (χ4v) is 2.38. The Labute approximate surface area is 91.9 Å². The first kappa shape index (κ1) is 10.7. The van der Waals surface area contributed by atoms with Crippen LogP contribution in [0.4, 0.5) is 0 Å². The second-order valence-corrected chi connectivity index (χ2v) is 4.72. The molecule has 3 heteroatoms. The predicted molar refractivity (Wildman–Crippen MR) is 61.6 cm³/mol. The normalized spacial score (nSPS) is 25.9. The Morgan fingerprint density at radius 3 is 3.07 bits per heavy atom. The number of aromatic nitrogens is 2. The van der Waals surface area contributed by atoms with E-state index in [9.17, 15) is 0 Å². The van der Waals surface area contributed by atoms with Gasteiger partial charge >= 0.3 is 0 Å². The zero-order chi connectivity index (χ0) is 10.5. The minimum Gasteiger partial charge on any atom is -0.337 e. The molecule has 0 spiro atoms.